The van der Waals surface area contributed by atoms with Crippen molar-refractivity contribution in [3.05, 3.63) is 34.4 Å². The number of benzene rings is 1. The molecular formula is C31H39NO6. The van der Waals surface area contributed by atoms with E-state index in [1.165, 1.54) is 0 Å². The average molecular weight is 522 g/mol. The fourth-order valence-corrected chi connectivity index (χ4v) is 8.81. The van der Waals surface area contributed by atoms with Crippen LogP contribution in [0.3, 0.4) is 0 Å². The first-order valence-corrected chi connectivity index (χ1v) is 14.4. The summed E-state index contributed by atoms with van der Waals surface area (Å²) in [6.45, 7) is 6.14. The number of carbonyl (C=O) groups excluding carboxylic acids is 3. The van der Waals surface area contributed by atoms with E-state index in [2.05, 4.69) is 19.2 Å². The Labute approximate surface area is 224 Å². The van der Waals surface area contributed by atoms with Gasteiger partial charge in [0.25, 0.3) is 0 Å². The number of ether oxygens (including phenoxy) is 2. The lowest BCUT2D eigenvalue weighted by molar-refractivity contribution is -0.159. The number of amides is 1. The van der Waals surface area contributed by atoms with Gasteiger partial charge in [-0.05, 0) is 56.7 Å². The summed E-state index contributed by atoms with van der Waals surface area (Å²) in [4.78, 5) is 42.8. The first-order chi connectivity index (χ1) is 18.2. The normalized spacial score (nSPS) is 38.7. The van der Waals surface area contributed by atoms with Crippen molar-refractivity contribution in [3.8, 4) is 5.75 Å². The minimum absolute atomic E-state index is 0.0693. The van der Waals surface area contributed by atoms with Crippen molar-refractivity contribution < 1.29 is 29.0 Å². The molecule has 1 aromatic rings. The predicted octanol–water partition coefficient (Wildman–Crippen LogP) is 5.18. The number of hydrogen-bond acceptors (Lipinski definition) is 6. The van der Waals surface area contributed by atoms with Crippen molar-refractivity contribution in [2.75, 3.05) is 7.11 Å². The molecule has 3 bridgehead atoms. The monoisotopic (exact) mass is 521 g/mol. The molecule has 38 heavy (non-hydrogen) atoms. The maximum atomic E-state index is 14.7. The van der Waals surface area contributed by atoms with Gasteiger partial charge < -0.3 is 19.9 Å². The van der Waals surface area contributed by atoms with Crippen LogP contribution in [0, 0.1) is 17.3 Å². The summed E-state index contributed by atoms with van der Waals surface area (Å²) in [6.07, 6.45) is 6.95. The van der Waals surface area contributed by atoms with E-state index in [1.807, 2.05) is 6.92 Å². The van der Waals surface area contributed by atoms with Gasteiger partial charge in [0.05, 0.1) is 11.0 Å². The lowest BCUT2D eigenvalue weighted by Crippen LogP contribution is -2.54. The third kappa shape index (κ3) is 2.91. The Morgan fingerprint density at radius 3 is 2.66 bits per heavy atom. The fourth-order valence-electron chi connectivity index (χ4n) is 8.81. The molecule has 0 radical (unpaired) electrons. The lowest BCUT2D eigenvalue weighted by Gasteiger charge is -2.45. The summed E-state index contributed by atoms with van der Waals surface area (Å²) in [5.41, 5.74) is -0.862. The van der Waals surface area contributed by atoms with Gasteiger partial charge in [0, 0.05) is 36.5 Å². The number of hydrogen-bond donors (Lipinski definition) is 2. The van der Waals surface area contributed by atoms with Crippen LogP contribution in [0.5, 0.6) is 5.75 Å². The van der Waals surface area contributed by atoms with Gasteiger partial charge in [0.1, 0.15) is 23.2 Å². The molecule has 204 valence electrons. The first-order valence-electron chi connectivity index (χ1n) is 14.4. The van der Waals surface area contributed by atoms with E-state index in [0.717, 1.165) is 44.1 Å². The second-order valence-electron chi connectivity index (χ2n) is 12.2. The molecule has 1 aromatic carbocycles. The molecule has 1 saturated carbocycles. The summed E-state index contributed by atoms with van der Waals surface area (Å²) >= 11 is 0. The third-order valence-electron chi connectivity index (χ3n) is 10.5. The molecule has 2 aliphatic carbocycles. The Morgan fingerprint density at radius 1 is 1.16 bits per heavy atom. The van der Waals surface area contributed by atoms with E-state index in [0.29, 0.717) is 41.7 Å². The zero-order valence-corrected chi connectivity index (χ0v) is 22.9. The number of ketones is 2. The van der Waals surface area contributed by atoms with Crippen molar-refractivity contribution >= 4 is 23.2 Å². The highest BCUT2D eigenvalue weighted by Crippen LogP contribution is 2.74. The molecule has 6 rings (SSSR count). The van der Waals surface area contributed by atoms with Gasteiger partial charge in [-0.15, -0.1) is 0 Å². The van der Waals surface area contributed by atoms with Crippen LogP contribution in [0.25, 0.3) is 5.76 Å². The minimum atomic E-state index is -1.22. The van der Waals surface area contributed by atoms with Crippen LogP contribution in [-0.2, 0) is 24.7 Å². The fraction of sp³-hybridized carbons (Fsp3) is 0.645. The highest BCUT2D eigenvalue weighted by atomic mass is 16.5. The average Bonchev–Trinajstić information content (AvgIpc) is 3.46. The van der Waals surface area contributed by atoms with Gasteiger partial charge in [0.2, 0.25) is 5.91 Å². The molecule has 3 heterocycles. The van der Waals surface area contributed by atoms with E-state index in [-0.39, 0.29) is 29.6 Å². The number of fused-ring (bicyclic) bond motifs is 3. The van der Waals surface area contributed by atoms with Crippen molar-refractivity contribution in [3.63, 3.8) is 0 Å². The second-order valence-corrected chi connectivity index (χ2v) is 12.2. The number of carbonyl (C=O) groups is 3. The lowest BCUT2D eigenvalue weighted by atomic mass is 9.60. The largest absolute Gasteiger partial charge is 0.507 e. The van der Waals surface area contributed by atoms with Gasteiger partial charge >= 0.3 is 0 Å². The molecule has 1 amide bonds. The second kappa shape index (κ2) is 8.67. The SMILES string of the molecule is CCCCCC[C@@H]1C(=O)N[C@@]23C[C@@]45O/C(=C(/CC)CCC[C@H](OC)C(=O)[C@@]4(C)[C@@H]12)c1c(O)ccc(c15)C3=O. The summed E-state index contributed by atoms with van der Waals surface area (Å²) in [5.74, 6) is -0.749. The number of phenolic OH excluding ortho intramolecular Hbond substituents is 1. The van der Waals surface area contributed by atoms with Gasteiger partial charge in [0.15, 0.2) is 17.2 Å². The highest BCUT2D eigenvalue weighted by molar-refractivity contribution is 6.14. The van der Waals surface area contributed by atoms with Crippen LogP contribution in [0.4, 0.5) is 0 Å². The number of Topliss-reactive ketones (excluding diaryl/α,β-unsaturated/α-hetero) is 2. The Kier molecular flexibility index (Phi) is 5.84. The smallest absolute Gasteiger partial charge is 0.224 e. The maximum Gasteiger partial charge on any atom is 0.224 e. The van der Waals surface area contributed by atoms with Gasteiger partial charge in [-0.3, -0.25) is 14.4 Å². The number of unbranched alkanes of at least 4 members (excludes halogenated alkanes) is 3. The van der Waals surface area contributed by atoms with Crippen molar-refractivity contribution in [2.45, 2.75) is 102 Å². The quantitative estimate of drug-likeness (QED) is 0.479. The highest BCUT2D eigenvalue weighted by Gasteiger charge is 2.83. The number of aromatic hydroxyl groups is 1. The van der Waals surface area contributed by atoms with E-state index in [4.69, 9.17) is 9.47 Å². The van der Waals surface area contributed by atoms with Crippen LogP contribution in [0.15, 0.2) is 17.7 Å². The number of allylic oxidation sites excluding steroid dienone is 1. The Hall–Kier alpha value is -2.67. The van der Waals surface area contributed by atoms with Crippen LogP contribution in [0.1, 0.15) is 106 Å². The minimum Gasteiger partial charge on any atom is -0.507 e. The molecular weight excluding hydrogens is 482 g/mol. The Bertz CT molecular complexity index is 1270. The molecule has 0 unspecified atom stereocenters. The molecule has 7 nitrogen and oxygen atoms in total. The molecule has 1 saturated heterocycles. The van der Waals surface area contributed by atoms with Crippen LogP contribution < -0.4 is 5.32 Å². The van der Waals surface area contributed by atoms with E-state index < -0.39 is 34.5 Å². The predicted molar refractivity (Wildman–Crippen MR) is 141 cm³/mol. The first kappa shape index (κ1) is 25.6. The molecule has 3 aliphatic heterocycles. The summed E-state index contributed by atoms with van der Waals surface area (Å²) in [7, 11) is 1.57. The standard InChI is InChI=1S/C31H39NO6/c1-5-7-8-9-12-19-25-29(3)27(35)21(37-4)13-10-11-17(6-2)24-22-20(33)15-14-18-23(22)31(29,38-24)16-30(25,26(18)34)32-28(19)36/h14-15,19,21,25,33H,5-13,16H2,1-4H3,(H,32,36)/b24-17-/t19-,21-,25+,29+,30-,31-/m0/s1. The zero-order chi connectivity index (χ0) is 27.0. The van der Waals surface area contributed by atoms with Crippen molar-refractivity contribution in [1.82, 2.24) is 5.32 Å². The van der Waals surface area contributed by atoms with E-state index in [1.54, 1.807) is 19.2 Å². The van der Waals surface area contributed by atoms with Crippen molar-refractivity contribution in [2.24, 2.45) is 17.3 Å². The molecule has 6 atom stereocenters. The van der Waals surface area contributed by atoms with Gasteiger partial charge in [-0.25, -0.2) is 0 Å². The number of methoxy groups -OCH3 is 1. The number of nitrogens with one attached hydrogen (secondary N) is 1. The zero-order valence-electron chi connectivity index (χ0n) is 22.9. The Morgan fingerprint density at radius 2 is 1.95 bits per heavy atom. The summed E-state index contributed by atoms with van der Waals surface area (Å²) in [6, 6.07) is 3.22. The van der Waals surface area contributed by atoms with E-state index in [9.17, 15) is 19.5 Å². The molecule has 5 aliphatic rings. The number of phenols is 1. The topological polar surface area (TPSA) is 102 Å². The molecule has 7 heteroatoms. The molecule has 0 aromatic heterocycles. The van der Waals surface area contributed by atoms with Crippen LogP contribution in [0.2, 0.25) is 0 Å². The number of rotatable bonds is 7. The van der Waals surface area contributed by atoms with Gasteiger partial charge in [-0.1, -0.05) is 39.5 Å². The van der Waals surface area contributed by atoms with Gasteiger partial charge in [-0.2, -0.15) is 0 Å². The van der Waals surface area contributed by atoms with Crippen LogP contribution >= 0.6 is 0 Å². The van der Waals surface area contributed by atoms with Crippen molar-refractivity contribution in [1.29, 1.82) is 0 Å². The summed E-state index contributed by atoms with van der Waals surface area (Å²) < 4.78 is 12.9. The van der Waals surface area contributed by atoms with E-state index >= 15 is 0 Å². The molecule has 2 spiro atoms. The molecule has 2 N–H and O–H groups in total. The third-order valence-corrected chi connectivity index (χ3v) is 10.5. The van der Waals surface area contributed by atoms with Crippen LogP contribution in [-0.4, -0.2) is 41.3 Å². The maximum absolute atomic E-state index is 14.7. The summed E-state index contributed by atoms with van der Waals surface area (Å²) in [5, 5.41) is 14.3. The Balaban J connectivity index is 1.64. The molecule has 2 fully saturated rings.